The molecule has 1 aliphatic rings. The molecule has 0 aliphatic carbocycles. The highest BCUT2D eigenvalue weighted by Crippen LogP contribution is 2.36. The van der Waals surface area contributed by atoms with Crippen LogP contribution in [0.1, 0.15) is 82.4 Å². The minimum atomic E-state index is -0.909. The molecule has 0 spiro atoms. The Morgan fingerprint density at radius 2 is 1.73 bits per heavy atom. The number of halogens is 3. The van der Waals surface area contributed by atoms with Crippen molar-refractivity contribution in [3.63, 3.8) is 0 Å². The molecule has 30 heavy (non-hydrogen) atoms. The molecular formula is C26H33F3O. The van der Waals surface area contributed by atoms with E-state index < -0.39 is 17.5 Å². The van der Waals surface area contributed by atoms with Crippen LogP contribution in [0.2, 0.25) is 0 Å². The highest BCUT2D eigenvalue weighted by molar-refractivity contribution is 5.65. The summed E-state index contributed by atoms with van der Waals surface area (Å²) in [6, 6.07) is 7.75. The summed E-state index contributed by atoms with van der Waals surface area (Å²) in [4.78, 5) is 0. The summed E-state index contributed by atoms with van der Waals surface area (Å²) < 4.78 is 49.6. The van der Waals surface area contributed by atoms with Crippen molar-refractivity contribution in [3.8, 4) is 11.1 Å². The first-order chi connectivity index (χ1) is 14.5. The van der Waals surface area contributed by atoms with Crippen molar-refractivity contribution >= 4 is 0 Å². The molecule has 0 radical (unpaired) electrons. The van der Waals surface area contributed by atoms with E-state index in [1.54, 1.807) is 18.2 Å². The van der Waals surface area contributed by atoms with Crippen molar-refractivity contribution in [3.05, 3.63) is 58.9 Å². The van der Waals surface area contributed by atoms with E-state index in [1.807, 2.05) is 6.92 Å². The van der Waals surface area contributed by atoms with Gasteiger partial charge in [0.25, 0.3) is 0 Å². The number of hydrogen-bond donors (Lipinski definition) is 0. The Hall–Kier alpha value is -1.81. The van der Waals surface area contributed by atoms with E-state index in [0.29, 0.717) is 35.6 Å². The first-order valence-corrected chi connectivity index (χ1v) is 11.4. The minimum absolute atomic E-state index is 0.0921. The standard InChI is InChI=1S/C26H33F3O/c1-3-5-6-7-9-18-10-15-24(30-17-18)22-14-12-20(16-23(22)27)21-13-11-19(8-4-2)25(28)26(21)29/h11-14,16,18,24H,3-10,15,17H2,1-2H3. The summed E-state index contributed by atoms with van der Waals surface area (Å²) >= 11 is 0. The van der Waals surface area contributed by atoms with E-state index in [0.717, 1.165) is 19.3 Å². The maximum absolute atomic E-state index is 14.8. The molecule has 2 aromatic carbocycles. The lowest BCUT2D eigenvalue weighted by molar-refractivity contribution is -0.0215. The van der Waals surface area contributed by atoms with Gasteiger partial charge >= 0.3 is 0 Å². The molecule has 0 saturated carbocycles. The fraction of sp³-hybridized carbons (Fsp3) is 0.538. The van der Waals surface area contributed by atoms with Crippen LogP contribution in [0.15, 0.2) is 30.3 Å². The van der Waals surface area contributed by atoms with Crippen LogP contribution in [-0.4, -0.2) is 6.61 Å². The Labute approximate surface area is 178 Å². The molecule has 2 aromatic rings. The summed E-state index contributed by atoms with van der Waals surface area (Å²) in [7, 11) is 0. The van der Waals surface area contributed by atoms with Gasteiger partial charge in [-0.15, -0.1) is 0 Å². The van der Waals surface area contributed by atoms with Crippen LogP contribution in [0.25, 0.3) is 11.1 Å². The Morgan fingerprint density at radius 1 is 0.900 bits per heavy atom. The van der Waals surface area contributed by atoms with Gasteiger partial charge in [-0.1, -0.05) is 70.2 Å². The second-order valence-electron chi connectivity index (χ2n) is 8.50. The minimum Gasteiger partial charge on any atom is -0.373 e. The normalized spacial score (nSPS) is 19.2. The Balaban J connectivity index is 1.66. The lowest BCUT2D eigenvalue weighted by Gasteiger charge is -2.29. The molecule has 164 valence electrons. The van der Waals surface area contributed by atoms with Crippen molar-refractivity contribution in [2.75, 3.05) is 6.61 Å². The second kappa shape index (κ2) is 11.0. The van der Waals surface area contributed by atoms with Gasteiger partial charge in [0.1, 0.15) is 5.82 Å². The molecule has 1 aliphatic heterocycles. The quantitative estimate of drug-likeness (QED) is 0.373. The Kier molecular flexibility index (Phi) is 8.38. The molecule has 1 fully saturated rings. The third-order valence-electron chi connectivity index (χ3n) is 6.18. The van der Waals surface area contributed by atoms with Crippen LogP contribution in [0.3, 0.4) is 0 Å². The molecule has 3 rings (SSSR count). The van der Waals surface area contributed by atoms with Gasteiger partial charge in [0.05, 0.1) is 12.7 Å². The molecule has 1 nitrogen and oxygen atoms in total. The highest BCUT2D eigenvalue weighted by atomic mass is 19.2. The molecule has 0 amide bonds. The average molecular weight is 419 g/mol. The fourth-order valence-electron chi connectivity index (χ4n) is 4.37. The SMILES string of the molecule is CCCCCCC1CCC(c2ccc(-c3ccc(CCC)c(F)c3F)cc2F)OC1. The van der Waals surface area contributed by atoms with Crippen molar-refractivity contribution < 1.29 is 17.9 Å². The van der Waals surface area contributed by atoms with Crippen molar-refractivity contribution in [1.82, 2.24) is 0 Å². The van der Waals surface area contributed by atoms with Crippen LogP contribution in [0.5, 0.6) is 0 Å². The molecule has 2 atom stereocenters. The number of aryl methyl sites for hydroxylation is 1. The van der Waals surface area contributed by atoms with Gasteiger partial charge in [-0.25, -0.2) is 13.2 Å². The number of ether oxygens (including phenoxy) is 1. The van der Waals surface area contributed by atoms with Gasteiger partial charge in [0.2, 0.25) is 0 Å². The van der Waals surface area contributed by atoms with Crippen LogP contribution in [-0.2, 0) is 11.2 Å². The molecule has 1 saturated heterocycles. The number of rotatable bonds is 9. The van der Waals surface area contributed by atoms with E-state index >= 15 is 0 Å². The van der Waals surface area contributed by atoms with Crippen molar-refractivity contribution in [1.29, 1.82) is 0 Å². The molecule has 1 heterocycles. The van der Waals surface area contributed by atoms with E-state index in [4.69, 9.17) is 4.74 Å². The lowest BCUT2D eigenvalue weighted by Crippen LogP contribution is -2.21. The maximum atomic E-state index is 14.8. The topological polar surface area (TPSA) is 9.23 Å². The zero-order valence-electron chi connectivity index (χ0n) is 18.2. The zero-order chi connectivity index (χ0) is 21.5. The second-order valence-corrected chi connectivity index (χ2v) is 8.50. The predicted octanol–water partition coefficient (Wildman–Crippen LogP) is 8.16. The number of unbranched alkanes of at least 4 members (excludes halogenated alkanes) is 3. The Bertz CT molecular complexity index is 825. The van der Waals surface area contributed by atoms with Crippen LogP contribution in [0, 0.1) is 23.4 Å². The number of hydrogen-bond acceptors (Lipinski definition) is 1. The molecule has 0 N–H and O–H groups in total. The summed E-state index contributed by atoms with van der Waals surface area (Å²) in [6.45, 7) is 4.79. The smallest absolute Gasteiger partial charge is 0.166 e. The molecule has 2 unspecified atom stereocenters. The van der Waals surface area contributed by atoms with Crippen LogP contribution < -0.4 is 0 Å². The average Bonchev–Trinajstić information content (AvgIpc) is 2.75. The van der Waals surface area contributed by atoms with Gasteiger partial charge in [0.15, 0.2) is 11.6 Å². The summed E-state index contributed by atoms with van der Waals surface area (Å²) in [6.07, 6.45) is 8.97. The van der Waals surface area contributed by atoms with Crippen molar-refractivity contribution in [2.45, 2.75) is 77.7 Å². The van der Waals surface area contributed by atoms with E-state index in [9.17, 15) is 13.2 Å². The number of benzene rings is 2. The largest absolute Gasteiger partial charge is 0.373 e. The van der Waals surface area contributed by atoms with E-state index in [1.165, 1.54) is 44.2 Å². The van der Waals surface area contributed by atoms with Gasteiger partial charge < -0.3 is 4.74 Å². The lowest BCUT2D eigenvalue weighted by atomic mass is 9.90. The van der Waals surface area contributed by atoms with Crippen LogP contribution in [0.4, 0.5) is 13.2 Å². The zero-order valence-corrected chi connectivity index (χ0v) is 18.2. The van der Waals surface area contributed by atoms with Gasteiger partial charge in [-0.05, 0) is 48.8 Å². The molecule has 0 aromatic heterocycles. The molecule has 0 bridgehead atoms. The highest BCUT2D eigenvalue weighted by Gasteiger charge is 2.25. The third-order valence-corrected chi connectivity index (χ3v) is 6.18. The summed E-state index contributed by atoms with van der Waals surface area (Å²) in [5.74, 6) is -1.61. The van der Waals surface area contributed by atoms with E-state index in [2.05, 4.69) is 6.92 Å². The first-order valence-electron chi connectivity index (χ1n) is 11.4. The first kappa shape index (κ1) is 22.9. The monoisotopic (exact) mass is 418 g/mol. The summed E-state index contributed by atoms with van der Waals surface area (Å²) in [5, 5.41) is 0. The molecule has 4 heteroatoms. The summed E-state index contributed by atoms with van der Waals surface area (Å²) in [5.41, 5.74) is 1.30. The van der Waals surface area contributed by atoms with Gasteiger partial charge in [-0.3, -0.25) is 0 Å². The fourth-order valence-corrected chi connectivity index (χ4v) is 4.37. The van der Waals surface area contributed by atoms with Crippen LogP contribution >= 0.6 is 0 Å². The van der Waals surface area contributed by atoms with Gasteiger partial charge in [-0.2, -0.15) is 0 Å². The predicted molar refractivity (Wildman–Crippen MR) is 116 cm³/mol. The third kappa shape index (κ3) is 5.46. The maximum Gasteiger partial charge on any atom is 0.166 e. The molecular weight excluding hydrogens is 385 g/mol. The Morgan fingerprint density at radius 3 is 2.40 bits per heavy atom. The van der Waals surface area contributed by atoms with Crippen molar-refractivity contribution in [2.24, 2.45) is 5.92 Å². The van der Waals surface area contributed by atoms with Gasteiger partial charge in [0, 0.05) is 11.1 Å². The van der Waals surface area contributed by atoms with E-state index in [-0.39, 0.29) is 11.7 Å².